The zero-order chi connectivity index (χ0) is 13.7. The number of amides is 1. The molecule has 0 radical (unpaired) electrons. The number of carboxylic acids is 1. The van der Waals surface area contributed by atoms with E-state index in [-0.39, 0.29) is 23.8 Å². The predicted octanol–water partition coefficient (Wildman–Crippen LogP) is 0.798. The SMILES string of the molecule is CN[C@H](C(=O)N(C)[C@H](C(=O)O)C(C)C)C(C)C. The third kappa shape index (κ3) is 4.00. The van der Waals surface area contributed by atoms with Crippen molar-refractivity contribution in [3.8, 4) is 0 Å². The maximum atomic E-state index is 12.2. The van der Waals surface area contributed by atoms with Crippen LogP contribution in [0, 0.1) is 11.8 Å². The summed E-state index contributed by atoms with van der Waals surface area (Å²) in [5.74, 6) is -1.14. The van der Waals surface area contributed by atoms with Crippen LogP contribution in [-0.4, -0.2) is 48.1 Å². The van der Waals surface area contributed by atoms with E-state index in [2.05, 4.69) is 5.32 Å². The lowest BCUT2D eigenvalue weighted by molar-refractivity contribution is -0.152. The van der Waals surface area contributed by atoms with Gasteiger partial charge in [-0.2, -0.15) is 0 Å². The second-order valence-electron chi connectivity index (χ2n) is 4.99. The molecule has 1 amide bonds. The van der Waals surface area contributed by atoms with Gasteiger partial charge in [-0.3, -0.25) is 4.79 Å². The molecule has 2 atom stereocenters. The Morgan fingerprint density at radius 2 is 1.59 bits per heavy atom. The molecule has 0 unspecified atom stereocenters. The molecule has 5 heteroatoms. The second-order valence-corrected chi connectivity index (χ2v) is 4.99. The fourth-order valence-corrected chi connectivity index (χ4v) is 2.00. The van der Waals surface area contributed by atoms with Crippen molar-refractivity contribution in [2.75, 3.05) is 14.1 Å². The highest BCUT2D eigenvalue weighted by atomic mass is 16.4. The summed E-state index contributed by atoms with van der Waals surface area (Å²) in [6.07, 6.45) is 0. The molecule has 0 saturated carbocycles. The molecule has 100 valence electrons. The Labute approximate surface area is 103 Å². The maximum Gasteiger partial charge on any atom is 0.326 e. The Bertz CT molecular complexity index is 277. The summed E-state index contributed by atoms with van der Waals surface area (Å²) in [6.45, 7) is 7.45. The Hall–Kier alpha value is -1.10. The molecule has 0 aromatic rings. The van der Waals surface area contributed by atoms with Crippen molar-refractivity contribution in [3.63, 3.8) is 0 Å². The third-order valence-corrected chi connectivity index (χ3v) is 2.89. The average molecular weight is 244 g/mol. The number of rotatable bonds is 6. The summed E-state index contributed by atoms with van der Waals surface area (Å²) < 4.78 is 0. The minimum absolute atomic E-state index is 0.119. The van der Waals surface area contributed by atoms with Crippen LogP contribution in [0.3, 0.4) is 0 Å². The Kier molecular flexibility index (Phi) is 6.16. The van der Waals surface area contributed by atoms with Crippen molar-refractivity contribution < 1.29 is 14.7 Å². The molecule has 2 N–H and O–H groups in total. The molecule has 0 aliphatic carbocycles. The molecule has 5 nitrogen and oxygen atoms in total. The van der Waals surface area contributed by atoms with Gasteiger partial charge in [-0.15, -0.1) is 0 Å². The van der Waals surface area contributed by atoms with Crippen molar-refractivity contribution in [1.29, 1.82) is 0 Å². The van der Waals surface area contributed by atoms with Crippen LogP contribution in [0.4, 0.5) is 0 Å². The largest absolute Gasteiger partial charge is 0.480 e. The van der Waals surface area contributed by atoms with Crippen LogP contribution in [0.15, 0.2) is 0 Å². The summed E-state index contributed by atoms with van der Waals surface area (Å²) in [4.78, 5) is 24.6. The van der Waals surface area contributed by atoms with Crippen LogP contribution in [0.1, 0.15) is 27.7 Å². The second kappa shape index (κ2) is 6.59. The quantitative estimate of drug-likeness (QED) is 0.725. The first-order valence-corrected chi connectivity index (χ1v) is 5.90. The summed E-state index contributed by atoms with van der Waals surface area (Å²) in [7, 11) is 3.26. The minimum Gasteiger partial charge on any atom is -0.480 e. The molecule has 0 saturated heterocycles. The van der Waals surface area contributed by atoms with Crippen molar-refractivity contribution in [1.82, 2.24) is 10.2 Å². The normalized spacial score (nSPS) is 14.8. The average Bonchev–Trinajstić information content (AvgIpc) is 2.16. The van der Waals surface area contributed by atoms with E-state index in [9.17, 15) is 9.59 Å². The molecule has 0 aromatic heterocycles. The van der Waals surface area contributed by atoms with Crippen LogP contribution in [0.25, 0.3) is 0 Å². The van der Waals surface area contributed by atoms with Gasteiger partial charge in [0, 0.05) is 7.05 Å². The summed E-state index contributed by atoms with van der Waals surface area (Å²) in [6, 6.07) is -1.13. The molecule has 0 bridgehead atoms. The Balaban J connectivity index is 4.94. The topological polar surface area (TPSA) is 69.6 Å². The highest BCUT2D eigenvalue weighted by Crippen LogP contribution is 2.13. The molecular formula is C12H24N2O3. The van der Waals surface area contributed by atoms with Crippen LogP contribution in [0.5, 0.6) is 0 Å². The number of hydrogen-bond acceptors (Lipinski definition) is 3. The first-order valence-electron chi connectivity index (χ1n) is 5.90. The lowest BCUT2D eigenvalue weighted by atomic mass is 9.99. The Morgan fingerprint density at radius 1 is 1.12 bits per heavy atom. The van der Waals surface area contributed by atoms with Crippen LogP contribution in [-0.2, 0) is 9.59 Å². The van der Waals surface area contributed by atoms with Crippen LogP contribution in [0.2, 0.25) is 0 Å². The molecule has 0 spiro atoms. The number of aliphatic carboxylic acids is 1. The summed E-state index contributed by atoms with van der Waals surface area (Å²) in [5.41, 5.74) is 0. The van der Waals surface area contributed by atoms with Gasteiger partial charge in [-0.05, 0) is 18.9 Å². The number of likely N-dealkylation sites (N-methyl/N-ethyl adjacent to an activating group) is 2. The number of carbonyl (C=O) groups excluding carboxylic acids is 1. The lowest BCUT2D eigenvalue weighted by Crippen LogP contribution is -2.53. The van der Waals surface area contributed by atoms with Crippen LogP contribution < -0.4 is 5.32 Å². The maximum absolute atomic E-state index is 12.2. The van der Waals surface area contributed by atoms with E-state index in [0.717, 1.165) is 0 Å². The zero-order valence-electron chi connectivity index (χ0n) is 11.5. The first-order chi connectivity index (χ1) is 7.73. The van der Waals surface area contributed by atoms with Crippen molar-refractivity contribution in [3.05, 3.63) is 0 Å². The van der Waals surface area contributed by atoms with Crippen molar-refractivity contribution in [2.45, 2.75) is 39.8 Å². The van der Waals surface area contributed by atoms with Gasteiger partial charge in [0.25, 0.3) is 0 Å². The fraction of sp³-hybridized carbons (Fsp3) is 0.833. The van der Waals surface area contributed by atoms with E-state index in [1.54, 1.807) is 27.9 Å². The number of carbonyl (C=O) groups is 2. The molecule has 0 aliphatic heterocycles. The third-order valence-electron chi connectivity index (χ3n) is 2.89. The number of carboxylic acid groups (broad SMARTS) is 1. The highest BCUT2D eigenvalue weighted by molar-refractivity contribution is 5.87. The van der Waals surface area contributed by atoms with E-state index in [1.165, 1.54) is 4.90 Å². The van der Waals surface area contributed by atoms with E-state index in [0.29, 0.717) is 0 Å². The van der Waals surface area contributed by atoms with Crippen molar-refractivity contribution >= 4 is 11.9 Å². The van der Waals surface area contributed by atoms with Gasteiger partial charge < -0.3 is 15.3 Å². The van der Waals surface area contributed by atoms with Gasteiger partial charge in [0.05, 0.1) is 6.04 Å². The monoisotopic (exact) mass is 244 g/mol. The van der Waals surface area contributed by atoms with E-state index in [4.69, 9.17) is 5.11 Å². The van der Waals surface area contributed by atoms with Gasteiger partial charge in [-0.25, -0.2) is 4.79 Å². The molecule has 0 aromatic carbocycles. The zero-order valence-corrected chi connectivity index (χ0v) is 11.5. The van der Waals surface area contributed by atoms with Gasteiger partial charge >= 0.3 is 5.97 Å². The Morgan fingerprint density at radius 3 is 1.82 bits per heavy atom. The van der Waals surface area contributed by atoms with Gasteiger partial charge in [0.2, 0.25) is 5.91 Å². The highest BCUT2D eigenvalue weighted by Gasteiger charge is 2.33. The van der Waals surface area contributed by atoms with Crippen LogP contribution >= 0.6 is 0 Å². The molecule has 0 heterocycles. The van der Waals surface area contributed by atoms with Crippen molar-refractivity contribution in [2.24, 2.45) is 11.8 Å². The predicted molar refractivity (Wildman–Crippen MR) is 66.7 cm³/mol. The first kappa shape index (κ1) is 15.9. The molecule has 0 aliphatic rings. The fourth-order valence-electron chi connectivity index (χ4n) is 2.00. The van der Waals surface area contributed by atoms with Gasteiger partial charge in [-0.1, -0.05) is 27.7 Å². The lowest BCUT2D eigenvalue weighted by Gasteiger charge is -2.32. The number of nitrogens with one attached hydrogen (secondary N) is 1. The van der Waals surface area contributed by atoms with E-state index < -0.39 is 12.0 Å². The standard InChI is InChI=1S/C12H24N2O3/c1-7(2)9(13-5)11(15)14(6)10(8(3)4)12(16)17/h7-10,13H,1-6H3,(H,16,17)/t9-,10-/m0/s1. The van der Waals surface area contributed by atoms with Gasteiger partial charge in [0.15, 0.2) is 0 Å². The summed E-state index contributed by atoms with van der Waals surface area (Å²) >= 11 is 0. The number of nitrogens with zero attached hydrogens (tertiary/aromatic N) is 1. The molecule has 0 rings (SSSR count). The molecular weight excluding hydrogens is 220 g/mol. The van der Waals surface area contributed by atoms with Gasteiger partial charge in [0.1, 0.15) is 6.04 Å². The minimum atomic E-state index is -0.963. The summed E-state index contributed by atoms with van der Waals surface area (Å²) in [5, 5.41) is 12.1. The molecule has 0 fully saturated rings. The van der Waals surface area contributed by atoms with E-state index in [1.807, 2.05) is 13.8 Å². The number of hydrogen-bond donors (Lipinski definition) is 2. The van der Waals surface area contributed by atoms with E-state index >= 15 is 0 Å². The smallest absolute Gasteiger partial charge is 0.326 e. The molecule has 17 heavy (non-hydrogen) atoms.